The van der Waals surface area contributed by atoms with Crippen molar-refractivity contribution in [2.45, 2.75) is 13.5 Å². The predicted molar refractivity (Wildman–Crippen MR) is 73.4 cm³/mol. The van der Waals surface area contributed by atoms with Crippen LogP contribution in [0.25, 0.3) is 0 Å². The molecule has 0 saturated carbocycles. The summed E-state index contributed by atoms with van der Waals surface area (Å²) < 4.78 is 5.39. The van der Waals surface area contributed by atoms with Crippen molar-refractivity contribution in [1.29, 1.82) is 0 Å². The van der Waals surface area contributed by atoms with Gasteiger partial charge in [0.15, 0.2) is 5.75 Å². The lowest BCUT2D eigenvalue weighted by Crippen LogP contribution is -2.03. The SMILES string of the molecule is Cc1ccc(OCc2ccc(C(=O)O)cn2)c([N+](=O)[O-])c1. The zero-order valence-corrected chi connectivity index (χ0v) is 11.1. The van der Waals surface area contributed by atoms with Crippen LogP contribution in [0.3, 0.4) is 0 Å². The minimum absolute atomic E-state index is 0.0177. The number of benzene rings is 1. The fraction of sp³-hybridized carbons (Fsp3) is 0.143. The number of carboxylic acids is 1. The highest BCUT2D eigenvalue weighted by atomic mass is 16.6. The highest BCUT2D eigenvalue weighted by Gasteiger charge is 2.15. The highest BCUT2D eigenvalue weighted by molar-refractivity contribution is 5.87. The number of aryl methyl sites for hydroxylation is 1. The van der Waals surface area contributed by atoms with Crippen LogP contribution in [0.2, 0.25) is 0 Å². The van der Waals surface area contributed by atoms with Crippen LogP contribution in [0, 0.1) is 17.0 Å². The normalized spacial score (nSPS) is 10.1. The van der Waals surface area contributed by atoms with E-state index in [0.29, 0.717) is 5.69 Å². The zero-order chi connectivity index (χ0) is 15.4. The van der Waals surface area contributed by atoms with Crippen molar-refractivity contribution in [2.75, 3.05) is 0 Å². The Morgan fingerprint density at radius 3 is 2.71 bits per heavy atom. The van der Waals surface area contributed by atoms with Gasteiger partial charge in [0.2, 0.25) is 0 Å². The molecule has 0 aliphatic carbocycles. The van der Waals surface area contributed by atoms with Gasteiger partial charge in [-0.25, -0.2) is 4.79 Å². The predicted octanol–water partition coefficient (Wildman–Crippen LogP) is 2.58. The van der Waals surface area contributed by atoms with E-state index < -0.39 is 10.9 Å². The van der Waals surface area contributed by atoms with E-state index in [-0.39, 0.29) is 23.6 Å². The number of nitro benzene ring substituents is 1. The van der Waals surface area contributed by atoms with Gasteiger partial charge in [0.1, 0.15) is 6.61 Å². The number of hydrogen-bond acceptors (Lipinski definition) is 5. The number of rotatable bonds is 5. The quantitative estimate of drug-likeness (QED) is 0.670. The number of hydrogen-bond donors (Lipinski definition) is 1. The van der Waals surface area contributed by atoms with Crippen molar-refractivity contribution in [1.82, 2.24) is 4.98 Å². The molecule has 21 heavy (non-hydrogen) atoms. The topological polar surface area (TPSA) is 103 Å². The van der Waals surface area contributed by atoms with Gasteiger partial charge in [-0.15, -0.1) is 0 Å². The molecule has 0 bridgehead atoms. The summed E-state index contributed by atoms with van der Waals surface area (Å²) >= 11 is 0. The van der Waals surface area contributed by atoms with E-state index in [1.807, 2.05) is 0 Å². The molecular weight excluding hydrogens is 276 g/mol. The molecule has 0 amide bonds. The molecule has 0 aliphatic heterocycles. The van der Waals surface area contributed by atoms with Gasteiger partial charge in [0.25, 0.3) is 0 Å². The number of nitro groups is 1. The second kappa shape index (κ2) is 6.00. The van der Waals surface area contributed by atoms with E-state index in [1.165, 1.54) is 30.5 Å². The summed E-state index contributed by atoms with van der Waals surface area (Å²) in [6.07, 6.45) is 1.21. The van der Waals surface area contributed by atoms with Crippen molar-refractivity contribution in [3.05, 3.63) is 63.5 Å². The van der Waals surface area contributed by atoms with Gasteiger partial charge in [0.05, 0.1) is 16.2 Å². The van der Waals surface area contributed by atoms with Gasteiger partial charge in [-0.2, -0.15) is 0 Å². The minimum Gasteiger partial charge on any atom is -0.480 e. The van der Waals surface area contributed by atoms with Crippen molar-refractivity contribution in [2.24, 2.45) is 0 Å². The Balaban J connectivity index is 2.13. The first-order valence-electron chi connectivity index (χ1n) is 6.03. The van der Waals surface area contributed by atoms with Crippen LogP contribution in [-0.2, 0) is 6.61 Å². The Morgan fingerprint density at radius 1 is 1.38 bits per heavy atom. The van der Waals surface area contributed by atoms with Gasteiger partial charge < -0.3 is 9.84 Å². The fourth-order valence-electron chi connectivity index (χ4n) is 1.68. The molecule has 1 aromatic carbocycles. The number of ether oxygens (including phenoxy) is 1. The van der Waals surface area contributed by atoms with Crippen LogP contribution in [0.15, 0.2) is 36.5 Å². The maximum atomic E-state index is 10.9. The molecule has 1 heterocycles. The second-order valence-corrected chi connectivity index (χ2v) is 4.36. The van der Waals surface area contributed by atoms with Crippen LogP contribution in [0.4, 0.5) is 5.69 Å². The molecule has 0 spiro atoms. The monoisotopic (exact) mass is 288 g/mol. The lowest BCUT2D eigenvalue weighted by atomic mass is 10.2. The maximum absolute atomic E-state index is 10.9. The lowest BCUT2D eigenvalue weighted by Gasteiger charge is -2.07. The Morgan fingerprint density at radius 2 is 2.14 bits per heavy atom. The zero-order valence-electron chi connectivity index (χ0n) is 11.1. The molecule has 0 aliphatic rings. The van der Waals surface area contributed by atoms with E-state index in [1.54, 1.807) is 13.0 Å². The van der Waals surface area contributed by atoms with Crippen molar-refractivity contribution >= 4 is 11.7 Å². The van der Waals surface area contributed by atoms with Crippen molar-refractivity contribution in [3.63, 3.8) is 0 Å². The Hall–Kier alpha value is -2.96. The van der Waals surface area contributed by atoms with E-state index in [2.05, 4.69) is 4.98 Å². The molecule has 1 N–H and O–H groups in total. The van der Waals surface area contributed by atoms with Crippen molar-refractivity contribution in [3.8, 4) is 5.75 Å². The summed E-state index contributed by atoms with van der Waals surface area (Å²) in [6, 6.07) is 7.57. The minimum atomic E-state index is -1.07. The third-order valence-corrected chi connectivity index (χ3v) is 2.76. The molecule has 2 aromatic rings. The molecule has 108 valence electrons. The fourth-order valence-corrected chi connectivity index (χ4v) is 1.68. The molecule has 0 saturated heterocycles. The third kappa shape index (κ3) is 3.53. The van der Waals surface area contributed by atoms with Crippen molar-refractivity contribution < 1.29 is 19.6 Å². The molecule has 2 rings (SSSR count). The summed E-state index contributed by atoms with van der Waals surface area (Å²) in [6.45, 7) is 1.77. The summed E-state index contributed by atoms with van der Waals surface area (Å²) in [5.74, 6) is -0.918. The molecule has 0 unspecified atom stereocenters. The second-order valence-electron chi connectivity index (χ2n) is 4.36. The van der Waals surface area contributed by atoms with E-state index in [9.17, 15) is 14.9 Å². The van der Waals surface area contributed by atoms with Gasteiger partial charge in [-0.05, 0) is 30.7 Å². The largest absolute Gasteiger partial charge is 0.480 e. The van der Waals surface area contributed by atoms with Gasteiger partial charge in [0, 0.05) is 12.3 Å². The molecule has 0 radical (unpaired) electrons. The first-order valence-corrected chi connectivity index (χ1v) is 6.03. The van der Waals surface area contributed by atoms with Crippen LogP contribution in [0.5, 0.6) is 5.75 Å². The molecule has 7 nitrogen and oxygen atoms in total. The summed E-state index contributed by atoms with van der Waals surface area (Å²) in [7, 11) is 0. The van der Waals surface area contributed by atoms with Crippen LogP contribution in [0.1, 0.15) is 21.6 Å². The van der Waals surface area contributed by atoms with Crippen LogP contribution in [-0.4, -0.2) is 21.0 Å². The third-order valence-electron chi connectivity index (χ3n) is 2.76. The first kappa shape index (κ1) is 14.4. The molecule has 0 atom stereocenters. The van der Waals surface area contributed by atoms with Crippen LogP contribution < -0.4 is 4.74 Å². The number of carbonyl (C=O) groups is 1. The molecule has 7 heteroatoms. The van der Waals surface area contributed by atoms with E-state index >= 15 is 0 Å². The Kier molecular flexibility index (Phi) is 4.13. The van der Waals surface area contributed by atoms with Gasteiger partial charge in [-0.1, -0.05) is 6.07 Å². The summed E-state index contributed by atoms with van der Waals surface area (Å²) in [4.78, 5) is 25.1. The Bertz CT molecular complexity index is 682. The molecule has 0 fully saturated rings. The van der Waals surface area contributed by atoms with Gasteiger partial charge >= 0.3 is 11.7 Å². The van der Waals surface area contributed by atoms with Gasteiger partial charge in [-0.3, -0.25) is 15.1 Å². The number of aromatic nitrogens is 1. The first-order chi connectivity index (χ1) is 9.97. The molecular formula is C14H12N2O5. The van der Waals surface area contributed by atoms with E-state index in [0.717, 1.165) is 5.56 Å². The number of carboxylic acid groups (broad SMARTS) is 1. The maximum Gasteiger partial charge on any atom is 0.337 e. The average Bonchev–Trinajstić information content (AvgIpc) is 2.46. The highest BCUT2D eigenvalue weighted by Crippen LogP contribution is 2.28. The molecule has 1 aromatic heterocycles. The standard InChI is InChI=1S/C14H12N2O5/c1-9-2-5-13(12(6-9)16(19)20)21-8-11-4-3-10(7-15-11)14(17)18/h2-7H,8H2,1H3,(H,17,18). The summed E-state index contributed by atoms with van der Waals surface area (Å²) in [5.41, 5.74) is 1.20. The van der Waals surface area contributed by atoms with Crippen LogP contribution >= 0.6 is 0 Å². The lowest BCUT2D eigenvalue weighted by molar-refractivity contribution is -0.386. The smallest absolute Gasteiger partial charge is 0.337 e. The summed E-state index contributed by atoms with van der Waals surface area (Å²) in [5, 5.41) is 19.7. The Labute approximate surface area is 120 Å². The number of pyridine rings is 1. The number of nitrogens with zero attached hydrogens (tertiary/aromatic N) is 2. The average molecular weight is 288 g/mol. The van der Waals surface area contributed by atoms with E-state index in [4.69, 9.17) is 9.84 Å². The number of aromatic carboxylic acids is 1.